The molecule has 0 saturated carbocycles. The van der Waals surface area contributed by atoms with E-state index in [0.29, 0.717) is 15.8 Å². The first-order valence-electron chi connectivity index (χ1n) is 9.89. The third-order valence-corrected chi connectivity index (χ3v) is 5.60. The summed E-state index contributed by atoms with van der Waals surface area (Å²) in [5, 5.41) is 6.71. The smallest absolute Gasteiger partial charge is 0.329 e. The van der Waals surface area contributed by atoms with Gasteiger partial charge in [-0.25, -0.2) is 9.82 Å². The highest BCUT2D eigenvalue weighted by Gasteiger charge is 2.16. The monoisotopic (exact) mass is 531 g/mol. The quantitative estimate of drug-likeness (QED) is 0.251. The molecule has 0 spiro atoms. The van der Waals surface area contributed by atoms with Crippen LogP contribution in [0.3, 0.4) is 0 Å². The maximum absolute atomic E-state index is 13.9. The zero-order valence-electron chi connectivity index (χ0n) is 17.5. The van der Waals surface area contributed by atoms with Crippen molar-refractivity contribution in [1.82, 2.24) is 10.7 Å². The zero-order chi connectivity index (χ0) is 23.8. The van der Waals surface area contributed by atoms with E-state index in [-0.39, 0.29) is 23.2 Å². The van der Waals surface area contributed by atoms with E-state index in [9.17, 15) is 14.0 Å². The largest absolute Gasteiger partial charge is 0.488 e. The second kappa shape index (κ2) is 11.6. The molecule has 0 aromatic heterocycles. The molecular weight excluding hydrogens is 513 g/mol. The molecule has 0 aliphatic heterocycles. The molecule has 2 N–H and O–H groups in total. The minimum absolute atomic E-state index is 0.0376. The van der Waals surface area contributed by atoms with Gasteiger partial charge in [-0.15, -0.1) is 0 Å². The van der Waals surface area contributed by atoms with Gasteiger partial charge >= 0.3 is 11.8 Å². The molecule has 1 atom stereocenters. The summed E-state index contributed by atoms with van der Waals surface area (Å²) in [6.07, 6.45) is 1.38. The van der Waals surface area contributed by atoms with Gasteiger partial charge in [0.15, 0.2) is 0 Å². The zero-order valence-corrected chi connectivity index (χ0v) is 19.9. The highest BCUT2D eigenvalue weighted by molar-refractivity contribution is 9.10. The summed E-state index contributed by atoms with van der Waals surface area (Å²) in [5.41, 5.74) is 3.98. The number of rotatable bonds is 7. The molecule has 2 amide bonds. The number of carbonyl (C=O) groups excluding carboxylic acids is 2. The fourth-order valence-electron chi connectivity index (χ4n) is 2.84. The predicted octanol–water partition coefficient (Wildman–Crippen LogP) is 5.15. The Bertz CT molecular complexity index is 1150. The van der Waals surface area contributed by atoms with E-state index < -0.39 is 17.6 Å². The lowest BCUT2D eigenvalue weighted by Crippen LogP contribution is -2.39. The average molecular weight is 533 g/mol. The molecule has 6 nitrogen and oxygen atoms in total. The van der Waals surface area contributed by atoms with E-state index in [1.54, 1.807) is 31.2 Å². The van der Waals surface area contributed by atoms with E-state index in [0.717, 1.165) is 5.56 Å². The topological polar surface area (TPSA) is 79.8 Å². The SMILES string of the molecule is C[C@H](NC(=O)C(=O)N/N=C\c1ccc(OCc2c(F)cccc2Cl)c(Br)c1)c1ccccc1. The van der Waals surface area contributed by atoms with E-state index >= 15 is 0 Å². The molecule has 0 bridgehead atoms. The standard InChI is InChI=1S/C24H20BrClFN3O3/c1-15(17-6-3-2-4-7-17)29-23(31)24(32)30-28-13-16-10-11-22(19(25)12-16)33-14-18-20(26)8-5-9-21(18)27/h2-13,15H,14H2,1H3,(H,29,31)(H,30,32)/b28-13-/t15-/m0/s1. The first-order valence-corrected chi connectivity index (χ1v) is 11.1. The van der Waals surface area contributed by atoms with Crippen molar-refractivity contribution in [3.8, 4) is 5.75 Å². The number of amides is 2. The molecule has 0 heterocycles. The van der Waals surface area contributed by atoms with Crippen LogP contribution in [0.2, 0.25) is 5.02 Å². The molecule has 0 aliphatic carbocycles. The maximum atomic E-state index is 13.9. The van der Waals surface area contributed by atoms with Crippen LogP contribution >= 0.6 is 27.5 Å². The molecule has 3 rings (SSSR count). The molecule has 170 valence electrons. The fraction of sp³-hybridized carbons (Fsp3) is 0.125. The van der Waals surface area contributed by atoms with Crippen LogP contribution in [0.4, 0.5) is 4.39 Å². The highest BCUT2D eigenvalue weighted by Crippen LogP contribution is 2.28. The fourth-order valence-corrected chi connectivity index (χ4v) is 3.57. The first-order chi connectivity index (χ1) is 15.8. The van der Waals surface area contributed by atoms with E-state index in [1.807, 2.05) is 30.3 Å². The van der Waals surface area contributed by atoms with Gasteiger partial charge in [0.05, 0.1) is 21.8 Å². The van der Waals surface area contributed by atoms with Crippen LogP contribution in [0.25, 0.3) is 0 Å². The van der Waals surface area contributed by atoms with Gasteiger partial charge in [0.2, 0.25) is 0 Å². The minimum atomic E-state index is -0.880. The van der Waals surface area contributed by atoms with Gasteiger partial charge in [-0.05, 0) is 64.3 Å². The molecule has 0 radical (unpaired) electrons. The summed E-state index contributed by atoms with van der Waals surface area (Å²) in [4.78, 5) is 24.0. The summed E-state index contributed by atoms with van der Waals surface area (Å²) < 4.78 is 20.1. The van der Waals surface area contributed by atoms with Gasteiger partial charge in [0.25, 0.3) is 0 Å². The average Bonchev–Trinajstić information content (AvgIpc) is 2.80. The number of ether oxygens (including phenoxy) is 1. The molecule has 0 aliphatic rings. The molecule has 0 unspecified atom stereocenters. The Morgan fingerprint density at radius 2 is 1.88 bits per heavy atom. The van der Waals surface area contributed by atoms with Crippen molar-refractivity contribution in [2.24, 2.45) is 5.10 Å². The molecule has 33 heavy (non-hydrogen) atoms. The molecule has 0 fully saturated rings. The van der Waals surface area contributed by atoms with Crippen molar-refractivity contribution in [3.63, 3.8) is 0 Å². The molecular formula is C24H20BrClFN3O3. The summed E-state index contributed by atoms with van der Waals surface area (Å²) in [6, 6.07) is 18.5. The first kappa shape index (κ1) is 24.4. The lowest BCUT2D eigenvalue weighted by molar-refractivity contribution is -0.139. The normalized spacial score (nSPS) is 11.8. The number of benzene rings is 3. The number of hydrazone groups is 1. The van der Waals surface area contributed by atoms with Crippen LogP contribution in [-0.4, -0.2) is 18.0 Å². The second-order valence-corrected chi connectivity index (χ2v) is 8.25. The summed E-state index contributed by atoms with van der Waals surface area (Å²) in [5.74, 6) is -1.64. The Labute approximate surface area is 203 Å². The van der Waals surface area contributed by atoms with E-state index in [1.165, 1.54) is 18.3 Å². The maximum Gasteiger partial charge on any atom is 0.329 e. The lowest BCUT2D eigenvalue weighted by Gasteiger charge is -2.13. The van der Waals surface area contributed by atoms with Crippen molar-refractivity contribution in [3.05, 3.63) is 98.7 Å². The minimum Gasteiger partial charge on any atom is -0.488 e. The number of nitrogens with one attached hydrogen (secondary N) is 2. The van der Waals surface area contributed by atoms with Crippen LogP contribution in [0.1, 0.15) is 29.7 Å². The van der Waals surface area contributed by atoms with Crippen molar-refractivity contribution in [2.75, 3.05) is 0 Å². The van der Waals surface area contributed by atoms with E-state index in [4.69, 9.17) is 16.3 Å². The number of carbonyl (C=O) groups is 2. The molecule has 0 saturated heterocycles. The number of hydrogen-bond donors (Lipinski definition) is 2. The Kier molecular flexibility index (Phi) is 8.57. The molecule has 3 aromatic carbocycles. The van der Waals surface area contributed by atoms with Crippen molar-refractivity contribution >= 4 is 45.6 Å². The van der Waals surface area contributed by atoms with Crippen LogP contribution in [0.5, 0.6) is 5.75 Å². The van der Waals surface area contributed by atoms with Gasteiger partial charge in [-0.1, -0.05) is 48.0 Å². The van der Waals surface area contributed by atoms with Gasteiger partial charge in [0, 0.05) is 5.56 Å². The lowest BCUT2D eigenvalue weighted by atomic mass is 10.1. The Morgan fingerprint density at radius 3 is 2.58 bits per heavy atom. The van der Waals surface area contributed by atoms with Gasteiger partial charge in [-0.3, -0.25) is 9.59 Å². The Balaban J connectivity index is 1.53. The van der Waals surface area contributed by atoms with Gasteiger partial charge in [0.1, 0.15) is 18.2 Å². The van der Waals surface area contributed by atoms with Crippen LogP contribution in [0.15, 0.2) is 76.3 Å². The van der Waals surface area contributed by atoms with Crippen molar-refractivity contribution in [2.45, 2.75) is 19.6 Å². The van der Waals surface area contributed by atoms with Gasteiger partial charge in [-0.2, -0.15) is 5.10 Å². The summed E-state index contributed by atoms with van der Waals surface area (Å²) >= 11 is 9.40. The van der Waals surface area contributed by atoms with Gasteiger partial charge < -0.3 is 10.1 Å². The molecule has 9 heteroatoms. The third kappa shape index (κ3) is 6.87. The van der Waals surface area contributed by atoms with Crippen LogP contribution in [-0.2, 0) is 16.2 Å². The third-order valence-electron chi connectivity index (χ3n) is 4.62. The number of nitrogens with zero attached hydrogens (tertiary/aromatic N) is 1. The summed E-state index contributed by atoms with van der Waals surface area (Å²) in [6.45, 7) is 1.75. The Hall–Kier alpha value is -3.23. The van der Waals surface area contributed by atoms with Crippen molar-refractivity contribution < 1.29 is 18.7 Å². The molecule has 3 aromatic rings. The summed E-state index contributed by atoms with van der Waals surface area (Å²) in [7, 11) is 0. The highest BCUT2D eigenvalue weighted by atomic mass is 79.9. The van der Waals surface area contributed by atoms with Crippen LogP contribution in [0, 0.1) is 5.82 Å². The second-order valence-electron chi connectivity index (χ2n) is 6.98. The number of halogens is 3. The predicted molar refractivity (Wildman–Crippen MR) is 129 cm³/mol. The van der Waals surface area contributed by atoms with E-state index in [2.05, 4.69) is 31.8 Å². The Morgan fingerprint density at radius 1 is 1.12 bits per heavy atom. The van der Waals surface area contributed by atoms with Crippen LogP contribution < -0.4 is 15.5 Å². The van der Waals surface area contributed by atoms with Crippen molar-refractivity contribution in [1.29, 1.82) is 0 Å². The number of hydrogen-bond acceptors (Lipinski definition) is 4.